The molecule has 0 unspecified atom stereocenters. The first-order valence-electron chi connectivity index (χ1n) is 6.13. The van der Waals surface area contributed by atoms with Crippen molar-refractivity contribution >= 4 is 29.4 Å². The molecule has 5 N–H and O–H groups in total. The van der Waals surface area contributed by atoms with E-state index >= 15 is 0 Å². The Labute approximate surface area is 121 Å². The van der Waals surface area contributed by atoms with Crippen LogP contribution in [0.25, 0.3) is 0 Å². The number of urea groups is 2. The summed E-state index contributed by atoms with van der Waals surface area (Å²) in [5.74, 6) is -0.691. The zero-order valence-electron chi connectivity index (χ0n) is 11.4. The van der Waals surface area contributed by atoms with E-state index in [1.807, 2.05) is 5.32 Å². The van der Waals surface area contributed by atoms with Crippen molar-refractivity contribution < 1.29 is 19.2 Å². The molecule has 0 aliphatic carbocycles. The Morgan fingerprint density at radius 1 is 1.19 bits per heavy atom. The molecule has 8 nitrogen and oxygen atoms in total. The van der Waals surface area contributed by atoms with Gasteiger partial charge in [0.25, 0.3) is 0 Å². The van der Waals surface area contributed by atoms with Crippen molar-refractivity contribution in [2.24, 2.45) is 5.73 Å². The quantitative estimate of drug-likeness (QED) is 0.592. The fraction of sp³-hybridized carbons (Fsp3) is 0.231. The molecule has 0 fully saturated rings. The fourth-order valence-corrected chi connectivity index (χ4v) is 1.48. The fourth-order valence-electron chi connectivity index (χ4n) is 1.48. The monoisotopic (exact) mass is 292 g/mol. The zero-order valence-corrected chi connectivity index (χ0v) is 11.4. The van der Waals surface area contributed by atoms with Gasteiger partial charge in [0, 0.05) is 24.2 Å². The Hall–Kier alpha value is -2.90. The molecule has 0 radical (unpaired) electrons. The number of rotatable bonds is 5. The minimum Gasteiger partial charge on any atom is -0.351 e. The Bertz CT molecular complexity index is 571. The molecular formula is C13H16N4O4. The highest BCUT2D eigenvalue weighted by Gasteiger charge is 2.07. The first-order chi connectivity index (χ1) is 9.88. The number of ketones is 1. The molecule has 0 bridgehead atoms. The van der Waals surface area contributed by atoms with Crippen molar-refractivity contribution in [2.75, 3.05) is 11.9 Å². The average molecular weight is 292 g/mol. The normalized spacial score (nSPS) is 9.57. The largest absolute Gasteiger partial charge is 0.351 e. The Morgan fingerprint density at radius 2 is 1.90 bits per heavy atom. The maximum absolute atomic E-state index is 11.6. The molecule has 0 atom stereocenters. The van der Waals surface area contributed by atoms with Crippen LogP contribution in [0.15, 0.2) is 24.3 Å². The molecule has 0 aromatic heterocycles. The van der Waals surface area contributed by atoms with Gasteiger partial charge >= 0.3 is 12.1 Å². The van der Waals surface area contributed by atoms with Crippen LogP contribution in [0.5, 0.6) is 0 Å². The van der Waals surface area contributed by atoms with E-state index in [1.165, 1.54) is 6.92 Å². The molecule has 0 saturated heterocycles. The van der Waals surface area contributed by atoms with E-state index in [9.17, 15) is 19.2 Å². The highest BCUT2D eigenvalue weighted by Crippen LogP contribution is 2.10. The van der Waals surface area contributed by atoms with E-state index in [4.69, 9.17) is 5.73 Å². The van der Waals surface area contributed by atoms with E-state index in [0.717, 1.165) is 0 Å². The van der Waals surface area contributed by atoms with Crippen LogP contribution in [0.3, 0.4) is 0 Å². The zero-order chi connectivity index (χ0) is 15.8. The number of anilines is 1. The van der Waals surface area contributed by atoms with Crippen molar-refractivity contribution in [1.29, 1.82) is 0 Å². The number of carbonyl (C=O) groups excluding carboxylic acids is 4. The highest BCUT2D eigenvalue weighted by molar-refractivity contribution is 5.97. The maximum atomic E-state index is 11.6. The number of amides is 5. The number of Topliss-reactive ketones (excluding diaryl/α,β-unsaturated/α-hetero) is 1. The topological polar surface area (TPSA) is 130 Å². The lowest BCUT2D eigenvalue weighted by Gasteiger charge is -2.08. The molecule has 0 spiro atoms. The SMILES string of the molecule is CC(=O)c1cccc(NC(=O)NCCC(=O)NC(N)=O)c1. The van der Waals surface area contributed by atoms with Crippen molar-refractivity contribution in [3.63, 3.8) is 0 Å². The smallest absolute Gasteiger partial charge is 0.319 e. The van der Waals surface area contributed by atoms with E-state index in [-0.39, 0.29) is 18.7 Å². The van der Waals surface area contributed by atoms with E-state index < -0.39 is 18.0 Å². The summed E-state index contributed by atoms with van der Waals surface area (Å²) < 4.78 is 0. The van der Waals surface area contributed by atoms with Gasteiger partial charge in [-0.3, -0.25) is 14.9 Å². The lowest BCUT2D eigenvalue weighted by molar-refractivity contribution is -0.119. The predicted octanol–water partition coefficient (Wildman–Crippen LogP) is 0.596. The lowest BCUT2D eigenvalue weighted by Crippen LogP contribution is -2.38. The summed E-state index contributed by atoms with van der Waals surface area (Å²) in [4.78, 5) is 44.3. The number of primary amides is 1. The highest BCUT2D eigenvalue weighted by atomic mass is 16.2. The van der Waals surface area contributed by atoms with Gasteiger partial charge in [0.1, 0.15) is 0 Å². The molecule has 0 aliphatic rings. The van der Waals surface area contributed by atoms with Crippen LogP contribution in [-0.4, -0.2) is 30.3 Å². The molecule has 21 heavy (non-hydrogen) atoms. The van der Waals surface area contributed by atoms with Gasteiger partial charge in [0.15, 0.2) is 5.78 Å². The van der Waals surface area contributed by atoms with Gasteiger partial charge in [-0.1, -0.05) is 12.1 Å². The number of benzene rings is 1. The van der Waals surface area contributed by atoms with Crippen LogP contribution < -0.4 is 21.7 Å². The molecule has 0 heterocycles. The van der Waals surface area contributed by atoms with Crippen molar-refractivity contribution in [3.8, 4) is 0 Å². The summed E-state index contributed by atoms with van der Waals surface area (Å²) in [5.41, 5.74) is 5.71. The Kier molecular flexibility index (Phi) is 5.87. The third-order valence-electron chi connectivity index (χ3n) is 2.43. The third kappa shape index (κ3) is 6.19. The molecule has 5 amide bonds. The second-order valence-corrected chi connectivity index (χ2v) is 4.18. The minimum atomic E-state index is -0.939. The lowest BCUT2D eigenvalue weighted by atomic mass is 10.1. The van der Waals surface area contributed by atoms with Gasteiger partial charge in [-0.25, -0.2) is 9.59 Å². The first kappa shape index (κ1) is 16.2. The average Bonchev–Trinajstić information content (AvgIpc) is 2.37. The minimum absolute atomic E-state index is 0.0390. The van der Waals surface area contributed by atoms with Crippen LogP contribution in [0.2, 0.25) is 0 Å². The molecule has 1 rings (SSSR count). The van der Waals surface area contributed by atoms with E-state index in [0.29, 0.717) is 11.3 Å². The second-order valence-electron chi connectivity index (χ2n) is 4.18. The Morgan fingerprint density at radius 3 is 2.52 bits per heavy atom. The van der Waals surface area contributed by atoms with Crippen molar-refractivity contribution in [3.05, 3.63) is 29.8 Å². The summed E-state index contributed by atoms with van der Waals surface area (Å²) in [7, 11) is 0. The first-order valence-corrected chi connectivity index (χ1v) is 6.13. The van der Waals surface area contributed by atoms with Gasteiger partial charge in [-0.15, -0.1) is 0 Å². The molecular weight excluding hydrogens is 276 g/mol. The van der Waals surface area contributed by atoms with E-state index in [1.54, 1.807) is 24.3 Å². The van der Waals surface area contributed by atoms with Crippen molar-refractivity contribution in [1.82, 2.24) is 10.6 Å². The molecule has 0 aliphatic heterocycles. The van der Waals surface area contributed by atoms with Crippen LogP contribution in [-0.2, 0) is 4.79 Å². The summed E-state index contributed by atoms with van der Waals surface area (Å²) in [6.07, 6.45) is -0.0795. The van der Waals surface area contributed by atoms with Crippen LogP contribution >= 0.6 is 0 Å². The third-order valence-corrected chi connectivity index (χ3v) is 2.43. The molecule has 1 aromatic carbocycles. The van der Waals surface area contributed by atoms with Gasteiger partial charge in [0.2, 0.25) is 5.91 Å². The molecule has 1 aromatic rings. The summed E-state index contributed by atoms with van der Waals surface area (Å²) in [6.45, 7) is 1.47. The Balaban J connectivity index is 2.40. The van der Waals surface area contributed by atoms with Gasteiger partial charge in [-0.05, 0) is 19.1 Å². The summed E-state index contributed by atoms with van der Waals surface area (Å²) >= 11 is 0. The molecule has 0 saturated carbocycles. The number of hydrogen-bond acceptors (Lipinski definition) is 4. The number of carbonyl (C=O) groups is 4. The summed E-state index contributed by atoms with van der Waals surface area (Å²) in [6, 6.07) is 4.99. The van der Waals surface area contributed by atoms with Crippen LogP contribution in [0.4, 0.5) is 15.3 Å². The predicted molar refractivity (Wildman–Crippen MR) is 75.8 cm³/mol. The number of imide groups is 1. The maximum Gasteiger partial charge on any atom is 0.319 e. The summed E-state index contributed by atoms with van der Waals surface area (Å²) in [5, 5.41) is 6.84. The van der Waals surface area contributed by atoms with Crippen LogP contribution in [0.1, 0.15) is 23.7 Å². The standard InChI is InChI=1S/C13H16N4O4/c1-8(18)9-3-2-4-10(7-9)16-13(21)15-6-5-11(19)17-12(14)20/h2-4,7H,5-6H2,1H3,(H2,15,16,21)(H3,14,17,19,20). The van der Waals surface area contributed by atoms with Crippen LogP contribution in [0, 0.1) is 0 Å². The number of nitrogens with two attached hydrogens (primary N) is 1. The number of hydrogen-bond donors (Lipinski definition) is 4. The number of nitrogens with one attached hydrogen (secondary N) is 3. The molecule has 8 heteroatoms. The van der Waals surface area contributed by atoms with Crippen molar-refractivity contribution in [2.45, 2.75) is 13.3 Å². The second kappa shape index (κ2) is 7.63. The van der Waals surface area contributed by atoms with Gasteiger partial charge in [0.05, 0.1) is 0 Å². The van der Waals surface area contributed by atoms with E-state index in [2.05, 4.69) is 10.6 Å². The molecule has 112 valence electrons. The van der Waals surface area contributed by atoms with Gasteiger partial charge in [-0.2, -0.15) is 0 Å². The van der Waals surface area contributed by atoms with Gasteiger partial charge < -0.3 is 16.4 Å².